The maximum atomic E-state index is 3.48. The maximum absolute atomic E-state index is 3.48. The van der Waals surface area contributed by atoms with Crippen LogP contribution in [0.5, 0.6) is 0 Å². The number of hydrogen-bond acceptors (Lipinski definition) is 1. The van der Waals surface area contributed by atoms with Crippen LogP contribution in [0.1, 0.15) is 0 Å². The normalized spacial score (nSPS) is 10.0. The summed E-state index contributed by atoms with van der Waals surface area (Å²) in [5, 5.41) is 3.11. The summed E-state index contributed by atoms with van der Waals surface area (Å²) in [6.45, 7) is 0. The molecule has 15 heavy (non-hydrogen) atoms. The predicted octanol–water partition coefficient (Wildman–Crippen LogP) is 4.16. The van der Waals surface area contributed by atoms with Gasteiger partial charge in [-0.25, -0.2) is 0 Å². The second-order valence-electron chi connectivity index (χ2n) is 3.34. The van der Waals surface area contributed by atoms with Crippen LogP contribution in [0.25, 0.3) is 11.1 Å². The van der Waals surface area contributed by atoms with E-state index in [1.807, 2.05) is 19.2 Å². The van der Waals surface area contributed by atoms with Crippen LogP contribution in [0.15, 0.2) is 53.0 Å². The van der Waals surface area contributed by atoms with Crippen molar-refractivity contribution in [2.24, 2.45) is 0 Å². The van der Waals surface area contributed by atoms with E-state index in [1.165, 1.54) is 11.1 Å². The van der Waals surface area contributed by atoms with Gasteiger partial charge in [-0.1, -0.05) is 40.2 Å². The summed E-state index contributed by atoms with van der Waals surface area (Å²) < 4.78 is 1.11. The highest BCUT2D eigenvalue weighted by Crippen LogP contribution is 2.24. The van der Waals surface area contributed by atoms with Crippen LogP contribution in [0.4, 0.5) is 5.69 Å². The molecule has 2 heteroatoms. The molecule has 0 saturated carbocycles. The van der Waals surface area contributed by atoms with Crippen molar-refractivity contribution in [1.82, 2.24) is 0 Å². The highest BCUT2D eigenvalue weighted by atomic mass is 79.9. The molecule has 0 aliphatic heterocycles. The van der Waals surface area contributed by atoms with E-state index in [1.54, 1.807) is 0 Å². The summed E-state index contributed by atoms with van der Waals surface area (Å²) in [7, 11) is 1.92. The summed E-state index contributed by atoms with van der Waals surface area (Å²) in [4.78, 5) is 0. The number of nitrogens with one attached hydrogen (secondary N) is 1. The fourth-order valence-electron chi connectivity index (χ4n) is 1.50. The summed E-state index contributed by atoms with van der Waals surface area (Å²) in [6, 6.07) is 16.7. The van der Waals surface area contributed by atoms with Crippen molar-refractivity contribution in [2.45, 2.75) is 0 Å². The van der Waals surface area contributed by atoms with Gasteiger partial charge in [0.1, 0.15) is 0 Å². The second kappa shape index (κ2) is 4.49. The zero-order chi connectivity index (χ0) is 10.7. The van der Waals surface area contributed by atoms with Gasteiger partial charge in [0.25, 0.3) is 0 Å². The van der Waals surface area contributed by atoms with Crippen LogP contribution in [-0.2, 0) is 0 Å². The number of halogens is 1. The number of benzene rings is 2. The average Bonchev–Trinajstić information content (AvgIpc) is 2.29. The molecule has 0 atom stereocenters. The molecule has 76 valence electrons. The van der Waals surface area contributed by atoms with E-state index in [0.717, 1.165) is 10.2 Å². The molecule has 0 aromatic heterocycles. The van der Waals surface area contributed by atoms with E-state index in [-0.39, 0.29) is 0 Å². The van der Waals surface area contributed by atoms with Gasteiger partial charge in [-0.15, -0.1) is 0 Å². The standard InChI is InChI=1S/C13H12BrN/c1-15-13-7-5-10(6-8-13)11-3-2-4-12(14)9-11/h2-9,15H,1H3. The molecule has 1 N–H and O–H groups in total. The Morgan fingerprint density at radius 2 is 1.67 bits per heavy atom. The van der Waals surface area contributed by atoms with Gasteiger partial charge >= 0.3 is 0 Å². The lowest BCUT2D eigenvalue weighted by Crippen LogP contribution is -1.86. The van der Waals surface area contributed by atoms with Gasteiger partial charge in [-0.3, -0.25) is 0 Å². The first-order valence-corrected chi connectivity index (χ1v) is 5.62. The molecule has 0 heterocycles. The largest absolute Gasteiger partial charge is 0.388 e. The molecule has 0 amide bonds. The smallest absolute Gasteiger partial charge is 0.0337 e. The molecule has 0 bridgehead atoms. The summed E-state index contributed by atoms with van der Waals surface area (Å²) in [5.74, 6) is 0. The Balaban J connectivity index is 2.37. The first kappa shape index (κ1) is 10.2. The molecule has 0 aliphatic rings. The SMILES string of the molecule is CNc1ccc(-c2cccc(Br)c2)cc1. The minimum Gasteiger partial charge on any atom is -0.388 e. The molecule has 0 aliphatic carbocycles. The quantitative estimate of drug-likeness (QED) is 0.856. The fourth-order valence-corrected chi connectivity index (χ4v) is 1.90. The molecule has 0 fully saturated rings. The van der Waals surface area contributed by atoms with E-state index in [0.29, 0.717) is 0 Å². The van der Waals surface area contributed by atoms with Gasteiger partial charge in [-0.2, -0.15) is 0 Å². The molecule has 1 nitrogen and oxygen atoms in total. The Morgan fingerprint density at radius 1 is 0.933 bits per heavy atom. The zero-order valence-electron chi connectivity index (χ0n) is 8.50. The van der Waals surface area contributed by atoms with E-state index >= 15 is 0 Å². The lowest BCUT2D eigenvalue weighted by molar-refractivity contribution is 1.50. The van der Waals surface area contributed by atoms with Gasteiger partial charge in [0.05, 0.1) is 0 Å². The van der Waals surface area contributed by atoms with Crippen LogP contribution in [0, 0.1) is 0 Å². The van der Waals surface area contributed by atoms with Crippen molar-refractivity contribution >= 4 is 21.6 Å². The molecule has 2 aromatic carbocycles. The number of rotatable bonds is 2. The molecule has 2 rings (SSSR count). The van der Waals surface area contributed by atoms with Gasteiger partial charge < -0.3 is 5.32 Å². The topological polar surface area (TPSA) is 12.0 Å². The predicted molar refractivity (Wildman–Crippen MR) is 69.1 cm³/mol. The maximum Gasteiger partial charge on any atom is 0.0337 e. The lowest BCUT2D eigenvalue weighted by Gasteiger charge is -2.04. The highest BCUT2D eigenvalue weighted by molar-refractivity contribution is 9.10. The van der Waals surface area contributed by atoms with Crippen LogP contribution < -0.4 is 5.32 Å². The van der Waals surface area contributed by atoms with Gasteiger partial charge in [0.15, 0.2) is 0 Å². The lowest BCUT2D eigenvalue weighted by atomic mass is 10.1. The third kappa shape index (κ3) is 2.39. The highest BCUT2D eigenvalue weighted by Gasteiger charge is 1.97. The van der Waals surface area contributed by atoms with Gasteiger partial charge in [0.2, 0.25) is 0 Å². The fraction of sp³-hybridized carbons (Fsp3) is 0.0769. The molecule has 0 saturated heterocycles. The molecule has 0 spiro atoms. The first-order chi connectivity index (χ1) is 7.29. The van der Waals surface area contributed by atoms with E-state index in [4.69, 9.17) is 0 Å². The van der Waals surface area contributed by atoms with E-state index in [2.05, 4.69) is 57.6 Å². The van der Waals surface area contributed by atoms with Gasteiger partial charge in [0, 0.05) is 17.2 Å². The minimum absolute atomic E-state index is 1.11. The Kier molecular flexibility index (Phi) is 3.07. The third-order valence-corrected chi connectivity index (χ3v) is 2.82. The monoisotopic (exact) mass is 261 g/mol. The summed E-state index contributed by atoms with van der Waals surface area (Å²) >= 11 is 3.48. The van der Waals surface area contributed by atoms with E-state index in [9.17, 15) is 0 Å². The Labute approximate surface area is 98.3 Å². The number of anilines is 1. The molecule has 0 unspecified atom stereocenters. The Bertz CT molecular complexity index is 448. The average molecular weight is 262 g/mol. The third-order valence-electron chi connectivity index (χ3n) is 2.33. The number of hydrogen-bond donors (Lipinski definition) is 1. The molecule has 2 aromatic rings. The Morgan fingerprint density at radius 3 is 2.27 bits per heavy atom. The van der Waals surface area contributed by atoms with Gasteiger partial charge in [-0.05, 0) is 35.4 Å². The van der Waals surface area contributed by atoms with Crippen molar-refractivity contribution < 1.29 is 0 Å². The molecular weight excluding hydrogens is 250 g/mol. The minimum atomic E-state index is 1.11. The van der Waals surface area contributed by atoms with Crippen molar-refractivity contribution in [3.63, 3.8) is 0 Å². The van der Waals surface area contributed by atoms with Crippen molar-refractivity contribution in [3.05, 3.63) is 53.0 Å². The zero-order valence-corrected chi connectivity index (χ0v) is 10.1. The summed E-state index contributed by atoms with van der Waals surface area (Å²) in [6.07, 6.45) is 0. The van der Waals surface area contributed by atoms with E-state index < -0.39 is 0 Å². The van der Waals surface area contributed by atoms with Crippen molar-refractivity contribution in [3.8, 4) is 11.1 Å². The second-order valence-corrected chi connectivity index (χ2v) is 4.25. The van der Waals surface area contributed by atoms with Crippen LogP contribution in [0.3, 0.4) is 0 Å². The summed E-state index contributed by atoms with van der Waals surface area (Å²) in [5.41, 5.74) is 3.59. The van der Waals surface area contributed by atoms with Crippen molar-refractivity contribution in [2.75, 3.05) is 12.4 Å². The van der Waals surface area contributed by atoms with Crippen LogP contribution in [-0.4, -0.2) is 7.05 Å². The molecular formula is C13H12BrN. The van der Waals surface area contributed by atoms with Crippen molar-refractivity contribution in [1.29, 1.82) is 0 Å². The first-order valence-electron chi connectivity index (χ1n) is 4.83. The van der Waals surface area contributed by atoms with Crippen LogP contribution in [0.2, 0.25) is 0 Å². The van der Waals surface area contributed by atoms with Crippen LogP contribution >= 0.6 is 15.9 Å². The molecule has 0 radical (unpaired) electrons. The Hall–Kier alpha value is -1.28.